The van der Waals surface area contributed by atoms with Gasteiger partial charge in [0, 0.05) is 50.1 Å². The average molecular weight is 428 g/mol. The quantitative estimate of drug-likeness (QED) is 0.438. The summed E-state index contributed by atoms with van der Waals surface area (Å²) in [6.45, 7) is 1.89. The van der Waals surface area contributed by atoms with E-state index < -0.39 is 0 Å². The number of carbonyl (C=O) groups is 1. The zero-order valence-corrected chi connectivity index (χ0v) is 18.8. The van der Waals surface area contributed by atoms with Gasteiger partial charge in [-0.2, -0.15) is 0 Å². The van der Waals surface area contributed by atoms with E-state index in [1.54, 1.807) is 0 Å². The first kappa shape index (κ1) is 21.6. The standard InChI is InChI=1S/C26H29N5O/c1-18-28-24(16-25(29-18)31(2)3)23(15-20-17-27-22-12-8-7-11-21(20)22)30-26(32)14-13-19-9-5-4-6-10-19/h4-12,16-17,23,27H,13-15H2,1-3H3,(H,30,32)/t23-/m0/s1. The first-order valence-corrected chi connectivity index (χ1v) is 10.9. The van der Waals surface area contributed by atoms with E-state index in [0.29, 0.717) is 25.1 Å². The van der Waals surface area contributed by atoms with E-state index in [9.17, 15) is 4.79 Å². The van der Waals surface area contributed by atoms with Crippen LogP contribution in [0.4, 0.5) is 5.82 Å². The van der Waals surface area contributed by atoms with E-state index in [0.717, 1.165) is 33.5 Å². The SMILES string of the molecule is Cc1nc([C@H](Cc2c[nH]c3ccccc23)NC(=O)CCc2ccccc2)cc(N(C)C)n1. The van der Waals surface area contributed by atoms with Crippen LogP contribution in [0.1, 0.15) is 35.1 Å². The Morgan fingerprint density at radius 1 is 1.06 bits per heavy atom. The molecule has 0 aliphatic carbocycles. The molecule has 4 aromatic rings. The van der Waals surface area contributed by atoms with Crippen molar-refractivity contribution in [3.63, 3.8) is 0 Å². The smallest absolute Gasteiger partial charge is 0.220 e. The topological polar surface area (TPSA) is 73.9 Å². The van der Waals surface area contributed by atoms with Gasteiger partial charge in [-0.15, -0.1) is 0 Å². The number of nitrogens with zero attached hydrogens (tertiary/aromatic N) is 3. The van der Waals surface area contributed by atoms with Crippen LogP contribution in [0.2, 0.25) is 0 Å². The molecule has 1 atom stereocenters. The predicted molar refractivity (Wildman–Crippen MR) is 129 cm³/mol. The molecule has 2 N–H and O–H groups in total. The summed E-state index contributed by atoms with van der Waals surface area (Å²) in [6, 6.07) is 20.0. The van der Waals surface area contributed by atoms with Gasteiger partial charge in [-0.3, -0.25) is 4.79 Å². The minimum absolute atomic E-state index is 0.0152. The molecule has 0 radical (unpaired) electrons. The van der Waals surface area contributed by atoms with Crippen molar-refractivity contribution in [1.29, 1.82) is 0 Å². The van der Waals surface area contributed by atoms with Crippen LogP contribution in [0.25, 0.3) is 10.9 Å². The number of benzene rings is 2. The molecule has 0 spiro atoms. The number of para-hydroxylation sites is 1. The van der Waals surface area contributed by atoms with Gasteiger partial charge in [0.1, 0.15) is 11.6 Å². The van der Waals surface area contributed by atoms with Gasteiger partial charge in [-0.05, 0) is 30.5 Å². The number of aromatic nitrogens is 3. The molecule has 0 saturated heterocycles. The lowest BCUT2D eigenvalue weighted by atomic mass is 10.0. The molecule has 1 amide bonds. The molecular formula is C26H29N5O. The first-order chi connectivity index (χ1) is 15.5. The van der Waals surface area contributed by atoms with Crippen molar-refractivity contribution in [1.82, 2.24) is 20.3 Å². The Bertz CT molecular complexity index is 1200. The highest BCUT2D eigenvalue weighted by atomic mass is 16.1. The molecule has 4 rings (SSSR count). The van der Waals surface area contributed by atoms with Crippen molar-refractivity contribution in [2.24, 2.45) is 0 Å². The lowest BCUT2D eigenvalue weighted by Gasteiger charge is -2.21. The fraction of sp³-hybridized carbons (Fsp3) is 0.269. The van der Waals surface area contributed by atoms with Crippen molar-refractivity contribution < 1.29 is 4.79 Å². The number of anilines is 1. The van der Waals surface area contributed by atoms with Gasteiger partial charge < -0.3 is 15.2 Å². The number of carbonyl (C=O) groups excluding carboxylic acids is 1. The zero-order chi connectivity index (χ0) is 22.5. The van der Waals surface area contributed by atoms with Gasteiger partial charge in [-0.1, -0.05) is 48.5 Å². The Kier molecular flexibility index (Phi) is 6.50. The minimum Gasteiger partial charge on any atom is -0.363 e. The van der Waals surface area contributed by atoms with Crippen molar-refractivity contribution >= 4 is 22.6 Å². The molecule has 0 unspecified atom stereocenters. The maximum atomic E-state index is 12.9. The van der Waals surface area contributed by atoms with Crippen LogP contribution in [0.3, 0.4) is 0 Å². The fourth-order valence-corrected chi connectivity index (χ4v) is 3.90. The summed E-state index contributed by atoms with van der Waals surface area (Å²) in [5, 5.41) is 4.40. The van der Waals surface area contributed by atoms with E-state index in [1.807, 2.05) is 80.6 Å². The third kappa shape index (κ3) is 5.14. The second-order valence-electron chi connectivity index (χ2n) is 8.26. The predicted octanol–water partition coefficient (Wildman–Crippen LogP) is 4.37. The van der Waals surface area contributed by atoms with E-state index in [1.165, 1.54) is 0 Å². The zero-order valence-electron chi connectivity index (χ0n) is 18.8. The summed E-state index contributed by atoms with van der Waals surface area (Å²) < 4.78 is 0. The maximum Gasteiger partial charge on any atom is 0.220 e. The number of hydrogen-bond acceptors (Lipinski definition) is 4. The highest BCUT2D eigenvalue weighted by Crippen LogP contribution is 2.25. The molecular weight excluding hydrogens is 398 g/mol. The van der Waals surface area contributed by atoms with Crippen LogP contribution >= 0.6 is 0 Å². The number of rotatable bonds is 8. The van der Waals surface area contributed by atoms with Crippen LogP contribution in [-0.4, -0.2) is 35.0 Å². The molecule has 0 fully saturated rings. The maximum absolute atomic E-state index is 12.9. The van der Waals surface area contributed by atoms with Gasteiger partial charge >= 0.3 is 0 Å². The van der Waals surface area contributed by atoms with Gasteiger partial charge in [0.2, 0.25) is 5.91 Å². The number of fused-ring (bicyclic) bond motifs is 1. The van der Waals surface area contributed by atoms with E-state index in [2.05, 4.69) is 32.4 Å². The summed E-state index contributed by atoms with van der Waals surface area (Å²) in [5.74, 6) is 1.53. The summed E-state index contributed by atoms with van der Waals surface area (Å²) in [6.07, 6.45) is 3.80. The second kappa shape index (κ2) is 9.64. The molecule has 6 heteroatoms. The lowest BCUT2D eigenvalue weighted by Crippen LogP contribution is -2.31. The van der Waals surface area contributed by atoms with E-state index in [4.69, 9.17) is 0 Å². The Labute approximate surface area is 188 Å². The van der Waals surface area contributed by atoms with Gasteiger partial charge in [-0.25, -0.2) is 9.97 Å². The molecule has 2 heterocycles. The van der Waals surface area contributed by atoms with Crippen LogP contribution in [0.5, 0.6) is 0 Å². The molecule has 2 aromatic carbocycles. The first-order valence-electron chi connectivity index (χ1n) is 10.9. The van der Waals surface area contributed by atoms with Gasteiger partial charge in [0.25, 0.3) is 0 Å². The summed E-state index contributed by atoms with van der Waals surface area (Å²) in [5.41, 5.74) is 4.21. The average Bonchev–Trinajstić information content (AvgIpc) is 3.20. The molecule has 164 valence electrons. The number of hydrogen-bond donors (Lipinski definition) is 2. The number of amides is 1. The Morgan fingerprint density at radius 3 is 2.59 bits per heavy atom. The number of nitrogens with one attached hydrogen (secondary N) is 2. The van der Waals surface area contributed by atoms with E-state index in [-0.39, 0.29) is 11.9 Å². The van der Waals surface area contributed by atoms with E-state index >= 15 is 0 Å². The number of H-pyrrole nitrogens is 1. The molecule has 0 saturated carbocycles. The minimum atomic E-state index is -0.252. The van der Waals surface area contributed by atoms with Crippen LogP contribution in [0, 0.1) is 6.92 Å². The Balaban J connectivity index is 1.59. The normalized spacial score (nSPS) is 12.0. The monoisotopic (exact) mass is 427 g/mol. The molecule has 0 aliphatic heterocycles. The van der Waals surface area contributed by atoms with Crippen molar-refractivity contribution in [3.8, 4) is 0 Å². The molecule has 32 heavy (non-hydrogen) atoms. The molecule has 0 aliphatic rings. The molecule has 2 aromatic heterocycles. The third-order valence-electron chi connectivity index (χ3n) is 5.58. The lowest BCUT2D eigenvalue weighted by molar-refractivity contribution is -0.121. The third-order valence-corrected chi connectivity index (χ3v) is 5.58. The van der Waals surface area contributed by atoms with Gasteiger partial charge in [0.05, 0.1) is 11.7 Å². The van der Waals surface area contributed by atoms with Crippen LogP contribution < -0.4 is 10.2 Å². The summed E-state index contributed by atoms with van der Waals surface area (Å²) >= 11 is 0. The second-order valence-corrected chi connectivity index (χ2v) is 8.26. The van der Waals surface area contributed by atoms with Crippen LogP contribution in [0.15, 0.2) is 66.9 Å². The summed E-state index contributed by atoms with van der Waals surface area (Å²) in [7, 11) is 3.91. The Morgan fingerprint density at radius 2 is 1.81 bits per heavy atom. The van der Waals surface area contributed by atoms with Crippen molar-refractivity contribution in [3.05, 3.63) is 89.5 Å². The van der Waals surface area contributed by atoms with Gasteiger partial charge in [0.15, 0.2) is 0 Å². The molecule has 6 nitrogen and oxygen atoms in total. The Hall–Kier alpha value is -3.67. The molecule has 0 bridgehead atoms. The fourth-order valence-electron chi connectivity index (χ4n) is 3.90. The number of aryl methyl sites for hydroxylation is 2. The highest BCUT2D eigenvalue weighted by molar-refractivity contribution is 5.83. The highest BCUT2D eigenvalue weighted by Gasteiger charge is 2.20. The largest absolute Gasteiger partial charge is 0.363 e. The number of aromatic amines is 1. The van der Waals surface area contributed by atoms with Crippen LogP contribution in [-0.2, 0) is 17.6 Å². The van der Waals surface area contributed by atoms with Crippen molar-refractivity contribution in [2.75, 3.05) is 19.0 Å². The van der Waals surface area contributed by atoms with Crippen molar-refractivity contribution in [2.45, 2.75) is 32.2 Å². The summed E-state index contributed by atoms with van der Waals surface area (Å²) in [4.78, 5) is 27.4.